The van der Waals surface area contributed by atoms with Gasteiger partial charge in [0.2, 0.25) is 0 Å². The second-order valence-electron chi connectivity index (χ2n) is 3.96. The molecule has 0 saturated heterocycles. The minimum absolute atomic E-state index is 0.172. The number of ether oxygens (including phenoxy) is 1. The molecular formula is C10H18O2. The van der Waals surface area contributed by atoms with Crippen LogP contribution in [-0.2, 0) is 9.53 Å². The molecule has 0 bridgehead atoms. The number of Topliss-reactive ketones (excluding diaryl/α,β-unsaturated/α-hetero) is 1. The van der Waals surface area contributed by atoms with E-state index >= 15 is 0 Å². The van der Waals surface area contributed by atoms with E-state index in [0.717, 1.165) is 12.8 Å². The van der Waals surface area contributed by atoms with Crippen molar-refractivity contribution in [3.05, 3.63) is 0 Å². The van der Waals surface area contributed by atoms with Gasteiger partial charge in [0.05, 0.1) is 6.10 Å². The average Bonchev–Trinajstić information content (AvgIpc) is 2.03. The molecule has 70 valence electrons. The lowest BCUT2D eigenvalue weighted by molar-refractivity contribution is -0.126. The highest BCUT2D eigenvalue weighted by atomic mass is 16.5. The summed E-state index contributed by atoms with van der Waals surface area (Å²) in [5.41, 5.74) is 0. The summed E-state index contributed by atoms with van der Waals surface area (Å²) >= 11 is 0. The fourth-order valence-electron chi connectivity index (χ4n) is 2.01. The Morgan fingerprint density at radius 2 is 2.17 bits per heavy atom. The van der Waals surface area contributed by atoms with Crippen molar-refractivity contribution in [3.8, 4) is 0 Å². The van der Waals surface area contributed by atoms with Gasteiger partial charge in [-0.1, -0.05) is 13.8 Å². The van der Waals surface area contributed by atoms with Gasteiger partial charge in [-0.05, 0) is 18.3 Å². The third-order valence-corrected chi connectivity index (χ3v) is 2.82. The van der Waals surface area contributed by atoms with Crippen molar-refractivity contribution in [3.63, 3.8) is 0 Å². The zero-order valence-electron chi connectivity index (χ0n) is 8.17. The quantitative estimate of drug-likeness (QED) is 0.633. The van der Waals surface area contributed by atoms with Crippen LogP contribution in [0.1, 0.15) is 33.1 Å². The van der Waals surface area contributed by atoms with Crippen molar-refractivity contribution in [1.29, 1.82) is 0 Å². The van der Waals surface area contributed by atoms with Gasteiger partial charge in [0.25, 0.3) is 0 Å². The second kappa shape index (κ2) is 4.04. The van der Waals surface area contributed by atoms with Gasteiger partial charge in [0, 0.05) is 20.0 Å². The molecule has 0 aromatic heterocycles. The summed E-state index contributed by atoms with van der Waals surface area (Å²) in [7, 11) is 1.71. The molecule has 12 heavy (non-hydrogen) atoms. The summed E-state index contributed by atoms with van der Waals surface area (Å²) in [5, 5.41) is 0. The Hall–Kier alpha value is -0.370. The third kappa shape index (κ3) is 2.07. The molecule has 0 spiro atoms. The van der Waals surface area contributed by atoms with Gasteiger partial charge in [-0.15, -0.1) is 0 Å². The Balaban J connectivity index is 2.56. The summed E-state index contributed by atoms with van der Waals surface area (Å²) in [6, 6.07) is 0. The van der Waals surface area contributed by atoms with Gasteiger partial charge in [0.15, 0.2) is 0 Å². The topological polar surface area (TPSA) is 26.3 Å². The molecule has 2 nitrogen and oxygen atoms in total. The molecule has 1 saturated carbocycles. The lowest BCUT2D eigenvalue weighted by atomic mass is 9.79. The Labute approximate surface area is 74.3 Å². The molecule has 0 heterocycles. The van der Waals surface area contributed by atoms with Crippen molar-refractivity contribution in [2.24, 2.45) is 11.8 Å². The van der Waals surface area contributed by atoms with Gasteiger partial charge in [-0.3, -0.25) is 4.79 Å². The van der Waals surface area contributed by atoms with Crippen molar-refractivity contribution in [2.75, 3.05) is 7.11 Å². The monoisotopic (exact) mass is 170 g/mol. The molecule has 2 atom stereocenters. The minimum Gasteiger partial charge on any atom is -0.381 e. The molecule has 0 aromatic rings. The van der Waals surface area contributed by atoms with E-state index in [1.54, 1.807) is 7.11 Å². The van der Waals surface area contributed by atoms with Crippen molar-refractivity contribution in [2.45, 2.75) is 39.2 Å². The number of hydrogen-bond donors (Lipinski definition) is 0. The van der Waals surface area contributed by atoms with Crippen molar-refractivity contribution in [1.82, 2.24) is 0 Å². The summed E-state index contributed by atoms with van der Waals surface area (Å²) in [4.78, 5) is 11.1. The largest absolute Gasteiger partial charge is 0.381 e. The summed E-state index contributed by atoms with van der Waals surface area (Å²) in [6.45, 7) is 4.40. The van der Waals surface area contributed by atoms with Crippen LogP contribution in [0.25, 0.3) is 0 Å². The smallest absolute Gasteiger partial charge is 0.135 e. The fraction of sp³-hybridized carbons (Fsp3) is 0.900. The van der Waals surface area contributed by atoms with E-state index in [0.29, 0.717) is 24.0 Å². The van der Waals surface area contributed by atoms with E-state index in [2.05, 4.69) is 13.8 Å². The summed E-state index contributed by atoms with van der Waals surface area (Å²) < 4.78 is 5.31. The first kappa shape index (κ1) is 9.72. The van der Waals surface area contributed by atoms with Crippen LogP contribution in [0.3, 0.4) is 0 Å². The molecule has 0 radical (unpaired) electrons. The van der Waals surface area contributed by atoms with Gasteiger partial charge in [-0.25, -0.2) is 0 Å². The Bertz CT molecular complexity index is 163. The zero-order valence-corrected chi connectivity index (χ0v) is 8.17. The molecule has 1 fully saturated rings. The van der Waals surface area contributed by atoms with E-state index < -0.39 is 0 Å². The Morgan fingerprint density at radius 3 is 2.67 bits per heavy atom. The molecule has 2 heteroatoms. The molecule has 1 rings (SSSR count). The van der Waals surface area contributed by atoms with Gasteiger partial charge >= 0.3 is 0 Å². The molecule has 0 aliphatic heterocycles. The molecule has 0 N–H and O–H groups in total. The van der Waals surface area contributed by atoms with Gasteiger partial charge in [-0.2, -0.15) is 0 Å². The highest BCUT2D eigenvalue weighted by Crippen LogP contribution is 2.30. The zero-order chi connectivity index (χ0) is 9.14. The number of hydrogen-bond acceptors (Lipinski definition) is 2. The molecular weight excluding hydrogens is 152 g/mol. The van der Waals surface area contributed by atoms with E-state index in [9.17, 15) is 4.79 Å². The molecule has 1 aliphatic rings. The number of carbonyl (C=O) groups excluding carboxylic acids is 1. The maximum absolute atomic E-state index is 11.1. The highest BCUT2D eigenvalue weighted by Gasteiger charge is 2.30. The average molecular weight is 170 g/mol. The lowest BCUT2D eigenvalue weighted by Crippen LogP contribution is -2.34. The van der Waals surface area contributed by atoms with Crippen LogP contribution in [0.2, 0.25) is 0 Å². The van der Waals surface area contributed by atoms with Gasteiger partial charge in [0.1, 0.15) is 5.78 Å². The molecule has 0 amide bonds. The highest BCUT2D eigenvalue weighted by molar-refractivity contribution is 5.79. The Morgan fingerprint density at radius 1 is 1.50 bits per heavy atom. The number of rotatable bonds is 2. The Kier molecular flexibility index (Phi) is 3.27. The van der Waals surface area contributed by atoms with Crippen LogP contribution < -0.4 is 0 Å². The van der Waals surface area contributed by atoms with Crippen LogP contribution in [0.5, 0.6) is 0 Å². The van der Waals surface area contributed by atoms with E-state index in [1.165, 1.54) is 0 Å². The van der Waals surface area contributed by atoms with Gasteiger partial charge < -0.3 is 4.74 Å². The first-order chi connectivity index (χ1) is 5.65. The predicted molar refractivity (Wildman–Crippen MR) is 48.0 cm³/mol. The lowest BCUT2D eigenvalue weighted by Gasteiger charge is -2.32. The SMILES string of the molecule is COC1CC(=O)CCC1C(C)C. The van der Waals surface area contributed by atoms with Crippen LogP contribution in [0.4, 0.5) is 0 Å². The van der Waals surface area contributed by atoms with E-state index in [-0.39, 0.29) is 6.10 Å². The fourth-order valence-corrected chi connectivity index (χ4v) is 2.01. The second-order valence-corrected chi connectivity index (χ2v) is 3.96. The standard InChI is InChI=1S/C10H18O2/c1-7(2)9-5-4-8(11)6-10(9)12-3/h7,9-10H,4-6H2,1-3H3. The first-order valence-electron chi connectivity index (χ1n) is 4.69. The molecule has 0 aromatic carbocycles. The maximum atomic E-state index is 11.1. The summed E-state index contributed by atoms with van der Waals surface area (Å²) in [5.74, 6) is 1.56. The van der Waals surface area contributed by atoms with Crippen molar-refractivity contribution >= 4 is 5.78 Å². The minimum atomic E-state index is 0.172. The first-order valence-corrected chi connectivity index (χ1v) is 4.69. The predicted octanol–water partition coefficient (Wildman–Crippen LogP) is 2.03. The van der Waals surface area contributed by atoms with Crippen molar-refractivity contribution < 1.29 is 9.53 Å². The number of ketones is 1. The van der Waals surface area contributed by atoms with Crippen LogP contribution >= 0.6 is 0 Å². The van der Waals surface area contributed by atoms with Crippen LogP contribution in [0.15, 0.2) is 0 Å². The van der Waals surface area contributed by atoms with Crippen LogP contribution in [-0.4, -0.2) is 19.0 Å². The molecule has 1 aliphatic carbocycles. The number of carbonyl (C=O) groups is 1. The third-order valence-electron chi connectivity index (χ3n) is 2.82. The van der Waals surface area contributed by atoms with E-state index in [4.69, 9.17) is 4.74 Å². The summed E-state index contributed by atoms with van der Waals surface area (Å²) in [6.07, 6.45) is 2.56. The number of methoxy groups -OCH3 is 1. The van der Waals surface area contributed by atoms with E-state index in [1.807, 2.05) is 0 Å². The normalized spacial score (nSPS) is 31.2. The van der Waals surface area contributed by atoms with Crippen LogP contribution in [0, 0.1) is 11.8 Å². The maximum Gasteiger partial charge on any atom is 0.135 e. The molecule has 2 unspecified atom stereocenters.